The van der Waals surface area contributed by atoms with E-state index in [0.717, 1.165) is 82.5 Å². The van der Waals surface area contributed by atoms with Crippen LogP contribution in [0.1, 0.15) is 105 Å². The monoisotopic (exact) mass is 1110 g/mol. The Labute approximate surface area is 465 Å². The second-order valence-corrected chi connectivity index (χ2v) is 25.4. The number of nitrogens with zero attached hydrogens (tertiary/aromatic N) is 6. The van der Waals surface area contributed by atoms with Crippen LogP contribution in [-0.4, -0.2) is 128 Å². The molecule has 4 aromatic carbocycles. The molecule has 1 spiro atoms. The summed E-state index contributed by atoms with van der Waals surface area (Å²) in [4.78, 5) is 43.2. The molecule has 80 heavy (non-hydrogen) atoms. The first kappa shape index (κ1) is 53.8. The predicted molar refractivity (Wildman–Crippen MR) is 303 cm³/mol. The highest BCUT2D eigenvalue weighted by atomic mass is 32.2. The second kappa shape index (κ2) is 21.2. The number of nitro groups is 1. The quantitative estimate of drug-likeness (QED) is 0.0558. The topological polar surface area (TPSA) is 208 Å². The van der Waals surface area contributed by atoms with Gasteiger partial charge in [0.05, 0.1) is 51.8 Å². The number of halogens is 1. The molecule has 2 aromatic heterocycles. The number of methoxy groups -OCH3 is 1. The number of amides is 1. The molecule has 6 aliphatic rings. The van der Waals surface area contributed by atoms with Crippen molar-refractivity contribution in [3.05, 3.63) is 135 Å². The number of H-pyrrole nitrogens is 1. The number of rotatable bonds is 15. The number of aromatic nitrogens is 2. The Hall–Kier alpha value is -6.84. The lowest BCUT2D eigenvalue weighted by atomic mass is 9.59. The average Bonchev–Trinajstić information content (AvgIpc) is 2.60. The highest BCUT2D eigenvalue weighted by Gasteiger charge is 2.55. The first-order chi connectivity index (χ1) is 38.4. The van der Waals surface area contributed by atoms with Gasteiger partial charge < -0.3 is 39.4 Å². The average molecular weight is 1110 g/mol. The molecule has 2 aliphatic carbocycles. The van der Waals surface area contributed by atoms with Gasteiger partial charge in [0.25, 0.3) is 21.6 Å². The largest absolute Gasteiger partial charge is 0.497 e. The lowest BCUT2D eigenvalue weighted by Crippen LogP contribution is -2.68. The van der Waals surface area contributed by atoms with Gasteiger partial charge in [-0.2, -0.15) is 4.98 Å². The van der Waals surface area contributed by atoms with Crippen molar-refractivity contribution < 1.29 is 41.8 Å². The summed E-state index contributed by atoms with van der Waals surface area (Å²) < 4.78 is 63.9. The number of aromatic amines is 1. The normalized spacial score (nSPS) is 24.1. The molecule has 0 bridgehead atoms. The molecule has 4 N–H and O–H groups in total. The Bertz CT molecular complexity index is 3430. The maximum absolute atomic E-state index is 15.4. The Balaban J connectivity index is 0.816. The van der Waals surface area contributed by atoms with Gasteiger partial charge in [-0.05, 0) is 129 Å². The van der Waals surface area contributed by atoms with Gasteiger partial charge >= 0.3 is 0 Å². The summed E-state index contributed by atoms with van der Waals surface area (Å²) in [7, 11) is -3.00. The van der Waals surface area contributed by atoms with E-state index in [0.29, 0.717) is 55.7 Å². The lowest BCUT2D eigenvalue weighted by molar-refractivity contribution is -0.384. The summed E-state index contributed by atoms with van der Waals surface area (Å²) >= 11 is 0. The summed E-state index contributed by atoms with van der Waals surface area (Å²) in [6.45, 7) is 12.6. The number of ether oxygens (including phenoxy) is 3. The van der Waals surface area contributed by atoms with Crippen LogP contribution in [-0.2, 0) is 21.3 Å². The number of piperazine rings is 1. The zero-order chi connectivity index (χ0) is 55.7. The maximum Gasteiger partial charge on any atom is 0.293 e. The summed E-state index contributed by atoms with van der Waals surface area (Å²) in [5.74, 6) is 0.125. The summed E-state index contributed by atoms with van der Waals surface area (Å²) in [6.07, 6.45) is 5.95. The molecule has 18 nitrogen and oxygen atoms in total. The Morgan fingerprint density at radius 1 is 1.00 bits per heavy atom. The van der Waals surface area contributed by atoms with Gasteiger partial charge in [-0.25, -0.2) is 17.5 Å². The molecular formula is C60H70FN9O9S. The number of hydrogen-bond donors (Lipinski definition) is 4. The molecule has 20 heteroatoms. The molecule has 5 fully saturated rings. The molecular weight excluding hydrogens is 1040 g/mol. The molecule has 1 amide bonds. The third-order valence-electron chi connectivity index (χ3n) is 17.9. The van der Waals surface area contributed by atoms with Crippen LogP contribution in [0, 0.1) is 27.3 Å². The van der Waals surface area contributed by atoms with E-state index in [1.165, 1.54) is 35.0 Å². The number of hydrogen-bond acceptors (Lipinski definition) is 15. The van der Waals surface area contributed by atoms with Gasteiger partial charge in [0, 0.05) is 87.9 Å². The standard InChI is InChI=1S/C60H70FN9O9S/c1-37(2)44-7-5-6-8-45(44)54-33-66(32-39-9-12-42(77-4)13-10-39)22-23-68(54)41-28-60(29-41)35-67(36-60)40-11-15-46(51(25-40)69-50-19-24-78-34-55(50)79-58-53(69)27-47-48(61)31-63-56(47)64-58)57(71)65-80(75,76)43-14-16-49(52(26-43)70(73)74)62-30-38-17-20-59(3,72)21-18-38/h5-16,25-27,31,37-38,41,50,54-55,62,72H,17-24,28-30,32-36H2,1-4H3,(H,63,64)(H,65,71)/t38-,50-,54-,55-,59-/m0/s1. The fraction of sp³-hybridized carbons (Fsp3) is 0.467. The van der Waals surface area contributed by atoms with Crippen molar-refractivity contribution in [2.45, 2.75) is 113 Å². The fourth-order valence-electron chi connectivity index (χ4n) is 13.5. The maximum atomic E-state index is 15.4. The smallest absolute Gasteiger partial charge is 0.293 e. The van der Waals surface area contributed by atoms with Crippen molar-refractivity contribution in [1.29, 1.82) is 0 Å². The van der Waals surface area contributed by atoms with Crippen molar-refractivity contribution >= 4 is 55.4 Å². The predicted octanol–water partition coefficient (Wildman–Crippen LogP) is 9.43. The van der Waals surface area contributed by atoms with Gasteiger partial charge in [0.1, 0.15) is 34.7 Å². The SMILES string of the molecule is COc1ccc(CN2CCN(C3CC4(C3)CN(c3ccc(C(=O)NS(=O)(=O)c5ccc(NC[C@H]6CC[C@](C)(O)CC6)c([N+](=O)[O-])c5)c(N5c6cc7c(F)c[nH]c7nc6O[C@H]6COCC[C@@H]65)c3)C4)[C@H](c3ccccc3C(C)C)C2)cc1. The summed E-state index contributed by atoms with van der Waals surface area (Å²) in [5.41, 5.74) is 4.98. The molecule has 6 heterocycles. The molecule has 6 aromatic rings. The van der Waals surface area contributed by atoms with Crippen molar-refractivity contribution in [1.82, 2.24) is 24.5 Å². The lowest BCUT2D eigenvalue weighted by Gasteiger charge is -2.63. The van der Waals surface area contributed by atoms with E-state index >= 15 is 4.39 Å². The Kier molecular flexibility index (Phi) is 14.3. The van der Waals surface area contributed by atoms with E-state index in [1.54, 1.807) is 26.2 Å². The minimum Gasteiger partial charge on any atom is -0.497 e. The zero-order valence-corrected chi connectivity index (χ0v) is 46.5. The van der Waals surface area contributed by atoms with Crippen LogP contribution in [0.5, 0.6) is 11.6 Å². The van der Waals surface area contributed by atoms with E-state index < -0.39 is 55.0 Å². The third kappa shape index (κ3) is 10.4. The number of nitro benzene ring substituents is 1. The number of anilines is 4. The minimum atomic E-state index is -4.69. The Morgan fingerprint density at radius 3 is 2.52 bits per heavy atom. The van der Waals surface area contributed by atoms with Gasteiger partial charge in [-0.1, -0.05) is 50.2 Å². The molecule has 4 aliphatic heterocycles. The second-order valence-electron chi connectivity index (χ2n) is 23.7. The van der Waals surface area contributed by atoms with Crippen LogP contribution < -0.4 is 29.3 Å². The highest BCUT2D eigenvalue weighted by molar-refractivity contribution is 7.90. The summed E-state index contributed by atoms with van der Waals surface area (Å²) in [6, 6.07) is 28.0. The number of sulfonamides is 1. The molecule has 3 atom stereocenters. The van der Waals surface area contributed by atoms with Crippen LogP contribution >= 0.6 is 0 Å². The molecule has 2 saturated carbocycles. The third-order valence-corrected chi connectivity index (χ3v) is 19.2. The summed E-state index contributed by atoms with van der Waals surface area (Å²) in [5, 5.41) is 26.2. The number of carbonyl (C=O) groups excluding carboxylic acids is 1. The van der Waals surface area contributed by atoms with E-state index in [9.17, 15) is 28.4 Å². The number of aliphatic hydroxyl groups is 1. The number of carbonyl (C=O) groups is 1. The molecule has 0 radical (unpaired) electrons. The van der Waals surface area contributed by atoms with E-state index in [-0.39, 0.29) is 52.1 Å². The fourth-order valence-corrected chi connectivity index (χ4v) is 14.5. The van der Waals surface area contributed by atoms with Crippen LogP contribution in [0.25, 0.3) is 11.0 Å². The molecule has 12 rings (SSSR count). The van der Waals surface area contributed by atoms with Crippen molar-refractivity contribution in [3.63, 3.8) is 0 Å². The zero-order valence-electron chi connectivity index (χ0n) is 45.7. The van der Waals surface area contributed by atoms with E-state index in [4.69, 9.17) is 14.2 Å². The number of nitrogens with one attached hydrogen (secondary N) is 3. The van der Waals surface area contributed by atoms with Gasteiger partial charge in [-0.3, -0.25) is 24.7 Å². The molecule has 0 unspecified atom stereocenters. The van der Waals surface area contributed by atoms with Crippen LogP contribution in [0.2, 0.25) is 0 Å². The van der Waals surface area contributed by atoms with Crippen molar-refractivity contribution in [2.24, 2.45) is 11.3 Å². The number of fused-ring (bicyclic) bond motifs is 3. The number of pyridine rings is 1. The first-order valence-corrected chi connectivity index (χ1v) is 29.5. The Morgan fingerprint density at radius 2 is 1.77 bits per heavy atom. The highest BCUT2D eigenvalue weighted by Crippen LogP contribution is 2.54. The van der Waals surface area contributed by atoms with Crippen molar-refractivity contribution in [2.75, 3.05) is 74.7 Å². The van der Waals surface area contributed by atoms with Crippen LogP contribution in [0.15, 0.2) is 102 Å². The van der Waals surface area contributed by atoms with E-state index in [2.05, 4.69) is 85.0 Å². The van der Waals surface area contributed by atoms with Gasteiger partial charge in [0.2, 0.25) is 5.88 Å². The van der Waals surface area contributed by atoms with E-state index in [1.807, 2.05) is 29.2 Å². The number of benzene rings is 4. The van der Waals surface area contributed by atoms with Crippen LogP contribution in [0.3, 0.4) is 0 Å². The first-order valence-electron chi connectivity index (χ1n) is 28.1. The molecule has 3 saturated heterocycles. The minimum absolute atomic E-state index is 0.0158. The van der Waals surface area contributed by atoms with Crippen LogP contribution in [0.4, 0.5) is 32.8 Å². The van der Waals surface area contributed by atoms with Gasteiger partial charge in [-0.15, -0.1) is 0 Å². The molecule has 422 valence electrons. The van der Waals surface area contributed by atoms with Crippen molar-refractivity contribution in [3.8, 4) is 11.6 Å². The van der Waals surface area contributed by atoms with Gasteiger partial charge in [0.15, 0.2) is 0 Å².